The number of unbranched alkanes of at least 4 members (excludes halogenated alkanes) is 4. The number of esters is 1. The largest absolute Gasteiger partial charge is 0.466 e. The van der Waals surface area contributed by atoms with Crippen molar-refractivity contribution in [1.29, 1.82) is 0 Å². The Morgan fingerprint density at radius 3 is 2.64 bits per heavy atom. The lowest BCUT2D eigenvalue weighted by atomic mass is 10.1. The fraction of sp³-hybridized carbons (Fsp3) is 0.583. The van der Waals surface area contributed by atoms with Crippen LogP contribution in [0.1, 0.15) is 39.0 Å². The van der Waals surface area contributed by atoms with E-state index in [1.807, 2.05) is 6.08 Å². The van der Waals surface area contributed by atoms with Crippen molar-refractivity contribution in [3.8, 4) is 0 Å². The van der Waals surface area contributed by atoms with Crippen LogP contribution in [0.2, 0.25) is 0 Å². The zero-order valence-electron chi connectivity index (χ0n) is 9.00. The fourth-order valence-electron chi connectivity index (χ4n) is 1.13. The normalized spacial score (nSPS) is 10.4. The summed E-state index contributed by atoms with van der Waals surface area (Å²) in [6.07, 6.45) is 11.5. The van der Waals surface area contributed by atoms with Gasteiger partial charge in [-0.15, -0.1) is 0 Å². The standard InChI is InChI=1S/C12H20O2/c1-3-4-5-6-7-8-9-10-11-14-12(2)13/h3-5H,1,6-11H2,2H3/b5-4-. The molecule has 0 radical (unpaired) electrons. The highest BCUT2D eigenvalue weighted by atomic mass is 16.5. The fourth-order valence-corrected chi connectivity index (χ4v) is 1.13. The van der Waals surface area contributed by atoms with E-state index in [2.05, 4.69) is 12.7 Å². The second kappa shape index (κ2) is 10.0. The van der Waals surface area contributed by atoms with Crippen molar-refractivity contribution in [2.45, 2.75) is 39.0 Å². The topological polar surface area (TPSA) is 26.3 Å². The van der Waals surface area contributed by atoms with Gasteiger partial charge in [0, 0.05) is 6.92 Å². The van der Waals surface area contributed by atoms with E-state index >= 15 is 0 Å². The van der Waals surface area contributed by atoms with Crippen LogP contribution >= 0.6 is 0 Å². The van der Waals surface area contributed by atoms with Crippen LogP contribution in [0.3, 0.4) is 0 Å². The summed E-state index contributed by atoms with van der Waals surface area (Å²) in [4.78, 5) is 10.4. The molecule has 0 heterocycles. The molecule has 2 nitrogen and oxygen atoms in total. The summed E-state index contributed by atoms with van der Waals surface area (Å²) in [7, 11) is 0. The first kappa shape index (κ1) is 12.9. The summed E-state index contributed by atoms with van der Waals surface area (Å²) >= 11 is 0. The van der Waals surface area contributed by atoms with E-state index in [1.165, 1.54) is 19.8 Å². The van der Waals surface area contributed by atoms with Crippen LogP contribution in [-0.4, -0.2) is 12.6 Å². The molecule has 0 aliphatic carbocycles. The van der Waals surface area contributed by atoms with E-state index < -0.39 is 0 Å². The Bertz CT molecular complexity index is 183. The van der Waals surface area contributed by atoms with Gasteiger partial charge in [-0.25, -0.2) is 0 Å². The van der Waals surface area contributed by atoms with Gasteiger partial charge in [-0.2, -0.15) is 0 Å². The van der Waals surface area contributed by atoms with Gasteiger partial charge in [0.25, 0.3) is 0 Å². The lowest BCUT2D eigenvalue weighted by Crippen LogP contribution is -1.99. The molecule has 0 aromatic heterocycles. The van der Waals surface area contributed by atoms with Gasteiger partial charge >= 0.3 is 5.97 Å². The van der Waals surface area contributed by atoms with Crippen LogP contribution in [0, 0.1) is 0 Å². The Morgan fingerprint density at radius 2 is 2.00 bits per heavy atom. The number of rotatable bonds is 8. The van der Waals surface area contributed by atoms with Gasteiger partial charge in [0.2, 0.25) is 0 Å². The molecule has 0 aromatic carbocycles. The van der Waals surface area contributed by atoms with E-state index in [1.54, 1.807) is 6.08 Å². The third kappa shape index (κ3) is 11.0. The number of carbonyl (C=O) groups is 1. The van der Waals surface area contributed by atoms with Crippen molar-refractivity contribution in [3.63, 3.8) is 0 Å². The molecule has 80 valence electrons. The number of carbonyl (C=O) groups excluding carboxylic acids is 1. The number of hydrogen-bond donors (Lipinski definition) is 0. The van der Waals surface area contributed by atoms with E-state index in [0.717, 1.165) is 19.3 Å². The maximum absolute atomic E-state index is 10.4. The summed E-state index contributed by atoms with van der Waals surface area (Å²) < 4.78 is 4.82. The lowest BCUT2D eigenvalue weighted by molar-refractivity contribution is -0.141. The summed E-state index contributed by atoms with van der Waals surface area (Å²) in [5.41, 5.74) is 0. The average Bonchev–Trinajstić information content (AvgIpc) is 2.15. The van der Waals surface area contributed by atoms with Crippen LogP contribution < -0.4 is 0 Å². The van der Waals surface area contributed by atoms with Gasteiger partial charge < -0.3 is 4.74 Å². The Morgan fingerprint density at radius 1 is 1.29 bits per heavy atom. The van der Waals surface area contributed by atoms with E-state index in [4.69, 9.17) is 4.74 Å². The minimum atomic E-state index is -0.182. The molecule has 0 bridgehead atoms. The lowest BCUT2D eigenvalue weighted by Gasteiger charge is -2.00. The minimum Gasteiger partial charge on any atom is -0.466 e. The molecule has 0 N–H and O–H groups in total. The Kier molecular flexibility index (Phi) is 9.28. The summed E-state index contributed by atoms with van der Waals surface area (Å²) in [6.45, 7) is 5.61. The van der Waals surface area contributed by atoms with Gasteiger partial charge in [-0.1, -0.05) is 37.6 Å². The highest BCUT2D eigenvalue weighted by molar-refractivity contribution is 5.65. The van der Waals surface area contributed by atoms with E-state index in [9.17, 15) is 4.79 Å². The maximum Gasteiger partial charge on any atom is 0.302 e. The molecule has 0 fully saturated rings. The molecule has 2 heteroatoms. The molecular formula is C12H20O2. The summed E-state index contributed by atoms with van der Waals surface area (Å²) in [5, 5.41) is 0. The highest BCUT2D eigenvalue weighted by Crippen LogP contribution is 2.03. The van der Waals surface area contributed by atoms with Crippen molar-refractivity contribution >= 4 is 5.97 Å². The van der Waals surface area contributed by atoms with Gasteiger partial charge in [0.05, 0.1) is 6.61 Å². The van der Waals surface area contributed by atoms with Crippen molar-refractivity contribution in [3.05, 3.63) is 24.8 Å². The quantitative estimate of drug-likeness (QED) is 0.338. The predicted molar refractivity (Wildman–Crippen MR) is 59.1 cm³/mol. The van der Waals surface area contributed by atoms with E-state index in [0.29, 0.717) is 6.61 Å². The molecule has 0 amide bonds. The first-order chi connectivity index (χ1) is 6.77. The summed E-state index contributed by atoms with van der Waals surface area (Å²) in [6, 6.07) is 0. The zero-order valence-corrected chi connectivity index (χ0v) is 9.00. The molecule has 0 saturated carbocycles. The van der Waals surface area contributed by atoms with Crippen LogP contribution in [0.25, 0.3) is 0 Å². The Hall–Kier alpha value is -1.05. The van der Waals surface area contributed by atoms with E-state index in [-0.39, 0.29) is 5.97 Å². The molecule has 14 heavy (non-hydrogen) atoms. The molecule has 0 aliphatic rings. The molecule has 0 unspecified atom stereocenters. The first-order valence-electron chi connectivity index (χ1n) is 5.18. The Balaban J connectivity index is 3.02. The minimum absolute atomic E-state index is 0.182. The average molecular weight is 196 g/mol. The van der Waals surface area contributed by atoms with Crippen LogP contribution in [0.5, 0.6) is 0 Å². The van der Waals surface area contributed by atoms with Crippen molar-refractivity contribution < 1.29 is 9.53 Å². The van der Waals surface area contributed by atoms with Crippen molar-refractivity contribution in [2.75, 3.05) is 6.61 Å². The van der Waals surface area contributed by atoms with Crippen molar-refractivity contribution in [2.24, 2.45) is 0 Å². The van der Waals surface area contributed by atoms with Gasteiger partial charge in [-0.3, -0.25) is 4.79 Å². The number of hydrogen-bond acceptors (Lipinski definition) is 2. The van der Waals surface area contributed by atoms with Crippen LogP contribution in [0.15, 0.2) is 24.8 Å². The van der Waals surface area contributed by atoms with Crippen molar-refractivity contribution in [1.82, 2.24) is 0 Å². The van der Waals surface area contributed by atoms with Gasteiger partial charge in [0.15, 0.2) is 0 Å². The molecule has 0 saturated heterocycles. The molecule has 0 aromatic rings. The molecule has 0 atom stereocenters. The third-order valence-corrected chi connectivity index (χ3v) is 1.84. The number of allylic oxidation sites excluding steroid dienone is 3. The molecule has 0 rings (SSSR count). The van der Waals surface area contributed by atoms with Gasteiger partial charge in [0.1, 0.15) is 0 Å². The van der Waals surface area contributed by atoms with Crippen LogP contribution in [0.4, 0.5) is 0 Å². The highest BCUT2D eigenvalue weighted by Gasteiger charge is 1.92. The monoisotopic (exact) mass is 196 g/mol. The smallest absolute Gasteiger partial charge is 0.302 e. The van der Waals surface area contributed by atoms with Gasteiger partial charge in [-0.05, 0) is 19.3 Å². The zero-order chi connectivity index (χ0) is 10.6. The molecular weight excluding hydrogens is 176 g/mol. The second-order valence-corrected chi connectivity index (χ2v) is 3.21. The SMILES string of the molecule is C=C/C=C\CCCCCCOC(C)=O. The third-order valence-electron chi connectivity index (χ3n) is 1.84. The second-order valence-electron chi connectivity index (χ2n) is 3.21. The molecule has 0 aliphatic heterocycles. The molecule has 0 spiro atoms. The maximum atomic E-state index is 10.4. The predicted octanol–water partition coefficient (Wildman–Crippen LogP) is 3.24. The van der Waals surface area contributed by atoms with Crippen LogP contribution in [-0.2, 0) is 9.53 Å². The summed E-state index contributed by atoms with van der Waals surface area (Å²) in [5.74, 6) is -0.182. The Labute approximate surface area is 86.6 Å². The first-order valence-corrected chi connectivity index (χ1v) is 5.18. The number of ether oxygens (including phenoxy) is 1.